The third kappa shape index (κ3) is 717. The van der Waals surface area contributed by atoms with Gasteiger partial charge in [0.05, 0.1) is 0 Å². The van der Waals surface area contributed by atoms with Crippen LogP contribution in [-0.2, 0) is 21.7 Å². The van der Waals surface area contributed by atoms with Gasteiger partial charge in [-0.1, -0.05) is 0 Å². The molecule has 0 atom stereocenters. The second kappa shape index (κ2) is 16.2. The fourth-order valence-electron chi connectivity index (χ4n) is 0. The normalized spacial score (nSPS) is 11.4. The summed E-state index contributed by atoms with van der Waals surface area (Å²) in [5.41, 5.74) is 0. The molecule has 0 unspecified atom stereocenters. The van der Waals surface area contributed by atoms with Crippen LogP contribution in [0.25, 0.3) is 0 Å². The van der Waals surface area contributed by atoms with Gasteiger partial charge in [-0.25, -0.2) is 0 Å². The fraction of sp³-hybridized carbons (Fsp3) is 1.00. The predicted molar refractivity (Wildman–Crippen MR) is 81.2 cm³/mol. The molecule has 21 heavy (non-hydrogen) atoms. The molecule has 0 aromatic heterocycles. The molecule has 0 aliphatic rings. The minimum atomic E-state index is -2.33. The number of halogens is 12. The van der Waals surface area contributed by atoms with Crippen LogP contribution >= 0.6 is 139 Å². The van der Waals surface area contributed by atoms with Crippen LogP contribution in [0.15, 0.2) is 0 Å². The maximum absolute atomic E-state index is 9.40. The van der Waals surface area contributed by atoms with Crippen LogP contribution < -0.4 is 20.4 Å². The molecule has 17 heteroatoms. The Balaban J connectivity index is -0.0000000533. The Hall–Kier alpha value is 4.03. The molecule has 0 aliphatic heterocycles. The van der Waals surface area contributed by atoms with Crippen LogP contribution in [-0.4, -0.2) is 15.9 Å². The summed E-state index contributed by atoms with van der Waals surface area (Å²) in [5, 5.41) is 37.6. The van der Waals surface area contributed by atoms with Gasteiger partial charge in [0.2, 0.25) is 0 Å². The minimum absolute atomic E-state index is 0. The predicted octanol–water partition coefficient (Wildman–Crippen LogP) is 2.70. The summed E-state index contributed by atoms with van der Waals surface area (Å²) < 4.78 is -9.33. The van der Waals surface area contributed by atoms with Crippen LogP contribution in [0.5, 0.6) is 0 Å². The first kappa shape index (κ1) is 36.0. The second-order valence-corrected chi connectivity index (χ2v) is 10.5. The first-order valence-electron chi connectivity index (χ1n) is 3.08. The molecule has 0 amide bonds. The first-order valence-corrected chi connectivity index (χ1v) is 7.62. The number of hydrogen-bond acceptors (Lipinski definition) is 4. The number of alkyl halides is 12. The van der Waals surface area contributed by atoms with Crippen LogP contribution in [0, 0.1) is 0 Å². The Kier molecular flexibility index (Phi) is 27.8. The molecule has 0 fully saturated rings. The Labute approximate surface area is 195 Å². The molecule has 0 N–H and O–H groups in total. The summed E-state index contributed by atoms with van der Waals surface area (Å²) in [6, 6.07) is 0. The van der Waals surface area contributed by atoms with E-state index in [9.17, 15) is 20.4 Å². The van der Waals surface area contributed by atoms with E-state index >= 15 is 0 Å². The van der Waals surface area contributed by atoms with Crippen LogP contribution in [0.4, 0.5) is 0 Å². The number of rotatable bonds is 0. The third-order valence-corrected chi connectivity index (χ3v) is 0. The average molecular weight is 585 g/mol. The molecule has 0 saturated heterocycles. The van der Waals surface area contributed by atoms with Gasteiger partial charge in [-0.15, -0.1) is 139 Å². The van der Waals surface area contributed by atoms with Crippen LogP contribution in [0.3, 0.4) is 0 Å². The zero-order valence-corrected chi connectivity index (χ0v) is 19.3. The van der Waals surface area contributed by atoms with Crippen molar-refractivity contribution in [1.29, 1.82) is 0 Å². The van der Waals surface area contributed by atoms with Gasteiger partial charge in [-0.3, -0.25) is 0 Å². The van der Waals surface area contributed by atoms with Gasteiger partial charge in [0.1, 0.15) is 15.9 Å². The minimum Gasteiger partial charge on any atom is -0.813 e. The molecule has 0 aliphatic carbocycles. The van der Waals surface area contributed by atoms with Crippen LogP contribution in [0.2, 0.25) is 0 Å². The Morgan fingerprint density at radius 2 is 0.333 bits per heavy atom. The Bertz CT molecular complexity index is 143. The molecule has 0 bridgehead atoms. The van der Waals surface area contributed by atoms with E-state index in [0.717, 1.165) is 0 Å². The van der Waals surface area contributed by atoms with Gasteiger partial charge in [0.25, 0.3) is 0 Å². The summed E-state index contributed by atoms with van der Waals surface area (Å²) in [6.45, 7) is 0. The maximum atomic E-state index is 9.40. The van der Waals surface area contributed by atoms with Crippen molar-refractivity contribution < 1.29 is 42.1 Å². The fourth-order valence-corrected chi connectivity index (χ4v) is 0. The molecule has 0 heterocycles. The molecule has 0 saturated carbocycles. The van der Waals surface area contributed by atoms with Gasteiger partial charge in [0.15, 0.2) is 0 Å². The quantitative estimate of drug-likeness (QED) is 0.323. The monoisotopic (exact) mass is 580 g/mol. The van der Waals surface area contributed by atoms with E-state index in [2.05, 4.69) is 139 Å². The Morgan fingerprint density at radius 3 is 0.333 bits per heavy atom. The van der Waals surface area contributed by atoms with E-state index in [0.29, 0.717) is 0 Å². The third-order valence-electron chi connectivity index (χ3n) is 0. The zero-order valence-electron chi connectivity index (χ0n) is 8.67. The topological polar surface area (TPSA) is 92.2 Å². The smallest absolute Gasteiger partial charge is 0.813 e. The van der Waals surface area contributed by atoms with Gasteiger partial charge in [-0.2, -0.15) is 0 Å². The zero-order chi connectivity index (χ0) is 18.0. The average Bonchev–Trinajstić information content (AvgIpc) is 1.62. The van der Waals surface area contributed by atoms with Crippen LogP contribution in [0.1, 0.15) is 0 Å². The first-order chi connectivity index (χ1) is 8.00. The van der Waals surface area contributed by atoms with E-state index in [1.54, 1.807) is 0 Å². The van der Waals surface area contributed by atoms with Crippen molar-refractivity contribution in [3.63, 3.8) is 0 Å². The molecule has 4 nitrogen and oxygen atoms in total. The van der Waals surface area contributed by atoms with E-state index in [4.69, 9.17) is 0 Å². The van der Waals surface area contributed by atoms with Crippen molar-refractivity contribution >= 4 is 139 Å². The molecule has 128 valence electrons. The molecule has 0 aromatic carbocycles. The van der Waals surface area contributed by atoms with Gasteiger partial charge >= 0.3 is 21.7 Å². The van der Waals surface area contributed by atoms with Crippen molar-refractivity contribution in [2.24, 2.45) is 0 Å². The molecule has 0 rings (SSSR count). The summed E-state index contributed by atoms with van der Waals surface area (Å²) >= 11 is 54.1. The van der Waals surface area contributed by atoms with E-state index in [-0.39, 0.29) is 21.7 Å². The standard InChI is InChI=1S/4CCl3O.Ti/c4*2-1(3,4)5;/q4*-1;+4. The summed E-state index contributed by atoms with van der Waals surface area (Å²) in [6.07, 6.45) is 0. The SMILES string of the molecule is [O-]C(Cl)(Cl)Cl.[O-]C(Cl)(Cl)Cl.[O-]C(Cl)(Cl)Cl.[O-]C(Cl)(Cl)Cl.[Ti+4]. The Morgan fingerprint density at radius 1 is 0.333 bits per heavy atom. The number of hydrogen-bond donors (Lipinski definition) is 0. The molecular formula is C4Cl12O4Ti. The van der Waals surface area contributed by atoms with E-state index in [1.165, 1.54) is 0 Å². The molecule has 0 spiro atoms. The van der Waals surface area contributed by atoms with Crippen molar-refractivity contribution in [2.45, 2.75) is 15.9 Å². The molecular weight excluding hydrogens is 585 g/mol. The summed E-state index contributed by atoms with van der Waals surface area (Å²) in [7, 11) is 0. The van der Waals surface area contributed by atoms with E-state index < -0.39 is 15.9 Å². The largest absolute Gasteiger partial charge is 4.00 e. The van der Waals surface area contributed by atoms with Crippen molar-refractivity contribution in [3.8, 4) is 0 Å². The van der Waals surface area contributed by atoms with Gasteiger partial charge in [-0.05, 0) is 0 Å². The maximum Gasteiger partial charge on any atom is 4.00 e. The summed E-state index contributed by atoms with van der Waals surface area (Å²) in [4.78, 5) is 0. The molecule has 0 aromatic rings. The van der Waals surface area contributed by atoms with Crippen molar-refractivity contribution in [2.75, 3.05) is 0 Å². The van der Waals surface area contributed by atoms with Crippen molar-refractivity contribution in [1.82, 2.24) is 0 Å². The van der Waals surface area contributed by atoms with Gasteiger partial charge in [0, 0.05) is 0 Å². The van der Waals surface area contributed by atoms with Gasteiger partial charge < -0.3 is 20.4 Å². The van der Waals surface area contributed by atoms with Crippen molar-refractivity contribution in [3.05, 3.63) is 0 Å². The molecule has 0 radical (unpaired) electrons. The summed E-state index contributed by atoms with van der Waals surface area (Å²) in [5.74, 6) is 0. The van der Waals surface area contributed by atoms with E-state index in [1.807, 2.05) is 0 Å². The second-order valence-electron chi connectivity index (χ2n) is 1.78.